The molecule has 1 atom stereocenters. The zero-order valence-electron chi connectivity index (χ0n) is 7.23. The minimum atomic E-state index is -0.455. The van der Waals surface area contributed by atoms with Gasteiger partial charge in [-0.1, -0.05) is 30.3 Å². The molecule has 5 N–H and O–H groups in total. The first-order valence-electron chi connectivity index (χ1n) is 4.05. The Hall–Kier alpha value is -1.39. The number of benzene rings is 1. The average Bonchev–Trinajstić information content (AvgIpc) is 2.18. The number of carbonyl (C=O) groups excluding carboxylic acids is 1. The van der Waals surface area contributed by atoms with Crippen LogP contribution in [0.5, 0.6) is 0 Å². The zero-order chi connectivity index (χ0) is 9.68. The SMILES string of the molecule is [NH3+][C@H](Cc1ccccc1)C(=O)NO. The highest BCUT2D eigenvalue weighted by molar-refractivity contribution is 5.79. The third kappa shape index (κ3) is 2.85. The van der Waals surface area contributed by atoms with Gasteiger partial charge in [0.05, 0.1) is 0 Å². The summed E-state index contributed by atoms with van der Waals surface area (Å²) in [5, 5.41) is 8.34. The van der Waals surface area contributed by atoms with Crippen LogP contribution < -0.4 is 11.2 Å². The Balaban J connectivity index is 2.55. The maximum Gasteiger partial charge on any atom is 0.301 e. The first-order valence-corrected chi connectivity index (χ1v) is 4.05. The van der Waals surface area contributed by atoms with Crippen LogP contribution in [0, 0.1) is 0 Å². The molecule has 4 nitrogen and oxygen atoms in total. The van der Waals surface area contributed by atoms with E-state index in [9.17, 15) is 4.79 Å². The molecular weight excluding hydrogens is 168 g/mol. The molecule has 0 aliphatic carbocycles. The second-order valence-electron chi connectivity index (χ2n) is 2.86. The highest BCUT2D eigenvalue weighted by Gasteiger charge is 2.16. The lowest BCUT2D eigenvalue weighted by atomic mass is 10.1. The predicted octanol–water partition coefficient (Wildman–Crippen LogP) is -0.655. The molecule has 0 unspecified atom stereocenters. The van der Waals surface area contributed by atoms with Crippen LogP contribution >= 0.6 is 0 Å². The Morgan fingerprint density at radius 2 is 2.08 bits per heavy atom. The molecule has 0 heterocycles. The lowest BCUT2D eigenvalue weighted by Gasteiger charge is -2.05. The summed E-state index contributed by atoms with van der Waals surface area (Å²) in [4.78, 5) is 10.9. The van der Waals surface area contributed by atoms with Crippen molar-refractivity contribution in [3.8, 4) is 0 Å². The molecule has 0 aromatic heterocycles. The van der Waals surface area contributed by atoms with Gasteiger partial charge in [-0.25, -0.2) is 5.48 Å². The fraction of sp³-hybridized carbons (Fsp3) is 0.222. The summed E-state index contributed by atoms with van der Waals surface area (Å²) < 4.78 is 0. The quantitative estimate of drug-likeness (QED) is 0.428. The fourth-order valence-corrected chi connectivity index (χ4v) is 1.08. The molecule has 13 heavy (non-hydrogen) atoms. The summed E-state index contributed by atoms with van der Waals surface area (Å²) in [6.07, 6.45) is 0.535. The zero-order valence-corrected chi connectivity index (χ0v) is 7.23. The van der Waals surface area contributed by atoms with Crippen molar-refractivity contribution in [1.82, 2.24) is 5.48 Å². The molecule has 1 amide bonds. The van der Waals surface area contributed by atoms with E-state index < -0.39 is 11.9 Å². The van der Waals surface area contributed by atoms with Crippen molar-refractivity contribution >= 4 is 5.91 Å². The fourth-order valence-electron chi connectivity index (χ4n) is 1.08. The number of rotatable bonds is 3. The molecule has 0 saturated heterocycles. The van der Waals surface area contributed by atoms with Crippen LogP contribution in [0.4, 0.5) is 0 Å². The van der Waals surface area contributed by atoms with E-state index in [0.29, 0.717) is 6.42 Å². The van der Waals surface area contributed by atoms with Gasteiger partial charge in [-0.15, -0.1) is 0 Å². The van der Waals surface area contributed by atoms with Crippen LogP contribution in [0.15, 0.2) is 30.3 Å². The molecule has 1 aromatic carbocycles. The molecular formula is C9H13N2O2+. The van der Waals surface area contributed by atoms with Crippen molar-refractivity contribution in [1.29, 1.82) is 0 Å². The van der Waals surface area contributed by atoms with Gasteiger partial charge < -0.3 is 5.73 Å². The van der Waals surface area contributed by atoms with Crippen molar-refractivity contribution < 1.29 is 15.7 Å². The Morgan fingerprint density at radius 3 is 2.62 bits per heavy atom. The van der Waals surface area contributed by atoms with E-state index in [1.165, 1.54) is 0 Å². The van der Waals surface area contributed by atoms with Crippen LogP contribution in [0.1, 0.15) is 5.56 Å². The third-order valence-corrected chi connectivity index (χ3v) is 1.81. The molecule has 1 aromatic rings. The number of amides is 1. The van der Waals surface area contributed by atoms with Crippen LogP contribution in [0.3, 0.4) is 0 Å². The smallest absolute Gasteiger partial charge is 0.301 e. The second-order valence-corrected chi connectivity index (χ2v) is 2.86. The molecule has 0 spiro atoms. The summed E-state index contributed by atoms with van der Waals surface area (Å²) >= 11 is 0. The minimum absolute atomic E-state index is 0.451. The van der Waals surface area contributed by atoms with E-state index >= 15 is 0 Å². The van der Waals surface area contributed by atoms with Crippen LogP contribution in [-0.2, 0) is 11.2 Å². The molecule has 70 valence electrons. The van der Waals surface area contributed by atoms with Gasteiger partial charge in [-0.3, -0.25) is 10.0 Å². The van der Waals surface area contributed by atoms with E-state index in [4.69, 9.17) is 5.21 Å². The lowest BCUT2D eigenvalue weighted by Crippen LogP contribution is -2.68. The summed E-state index contributed by atoms with van der Waals surface area (Å²) in [7, 11) is 0. The Bertz CT molecular complexity index is 274. The molecule has 0 aliphatic heterocycles. The van der Waals surface area contributed by atoms with Crippen molar-refractivity contribution in [2.24, 2.45) is 0 Å². The summed E-state index contributed by atoms with van der Waals surface area (Å²) in [5.74, 6) is -0.455. The first-order chi connectivity index (χ1) is 6.24. The van der Waals surface area contributed by atoms with Gasteiger partial charge >= 0.3 is 5.91 Å². The average molecular weight is 181 g/mol. The van der Waals surface area contributed by atoms with Gasteiger partial charge in [-0.05, 0) is 5.56 Å². The number of hydrogen-bond donors (Lipinski definition) is 3. The van der Waals surface area contributed by atoms with E-state index in [0.717, 1.165) is 5.56 Å². The van der Waals surface area contributed by atoms with E-state index in [1.807, 2.05) is 30.3 Å². The molecule has 0 aliphatic rings. The normalized spacial score (nSPS) is 12.2. The maximum atomic E-state index is 10.9. The monoisotopic (exact) mass is 181 g/mol. The number of quaternary nitrogens is 1. The molecule has 1 rings (SSSR count). The first kappa shape index (κ1) is 9.70. The van der Waals surface area contributed by atoms with Gasteiger partial charge in [0.1, 0.15) is 0 Å². The number of hydroxylamine groups is 1. The number of carbonyl (C=O) groups is 1. The highest BCUT2D eigenvalue weighted by atomic mass is 16.5. The molecule has 0 fully saturated rings. The molecule has 0 saturated carbocycles. The highest BCUT2D eigenvalue weighted by Crippen LogP contribution is 2.00. The van der Waals surface area contributed by atoms with Crippen molar-refractivity contribution in [3.63, 3.8) is 0 Å². The van der Waals surface area contributed by atoms with Crippen LogP contribution in [-0.4, -0.2) is 17.2 Å². The molecule has 0 bridgehead atoms. The summed E-state index contributed by atoms with van der Waals surface area (Å²) in [5.41, 5.74) is 6.25. The van der Waals surface area contributed by atoms with Crippen LogP contribution in [0.2, 0.25) is 0 Å². The standard InChI is InChI=1S/C9H12N2O2/c10-8(9(12)11-13)6-7-4-2-1-3-5-7/h1-5,8,13H,6,10H2,(H,11,12)/p+1/t8-/m1/s1. The second kappa shape index (κ2) is 4.59. The van der Waals surface area contributed by atoms with Gasteiger partial charge in [-0.2, -0.15) is 0 Å². The summed E-state index contributed by atoms with van der Waals surface area (Å²) in [6, 6.07) is 9.10. The van der Waals surface area contributed by atoms with Crippen molar-refractivity contribution in [3.05, 3.63) is 35.9 Å². The van der Waals surface area contributed by atoms with E-state index in [1.54, 1.807) is 5.48 Å². The van der Waals surface area contributed by atoms with Gasteiger partial charge in [0.15, 0.2) is 6.04 Å². The maximum absolute atomic E-state index is 10.9. The number of nitrogens with one attached hydrogen (secondary N) is 1. The van der Waals surface area contributed by atoms with Crippen LogP contribution in [0.25, 0.3) is 0 Å². The minimum Gasteiger partial charge on any atom is -0.347 e. The van der Waals surface area contributed by atoms with Gasteiger partial charge in [0, 0.05) is 6.42 Å². The van der Waals surface area contributed by atoms with Gasteiger partial charge in [0.25, 0.3) is 0 Å². The Morgan fingerprint density at radius 1 is 1.46 bits per heavy atom. The van der Waals surface area contributed by atoms with E-state index in [-0.39, 0.29) is 0 Å². The molecule has 0 radical (unpaired) electrons. The van der Waals surface area contributed by atoms with Crippen molar-refractivity contribution in [2.45, 2.75) is 12.5 Å². The third-order valence-electron chi connectivity index (χ3n) is 1.81. The Kier molecular flexibility index (Phi) is 3.42. The van der Waals surface area contributed by atoms with Gasteiger partial charge in [0.2, 0.25) is 0 Å². The van der Waals surface area contributed by atoms with Crippen molar-refractivity contribution in [2.75, 3.05) is 0 Å². The predicted molar refractivity (Wildman–Crippen MR) is 46.8 cm³/mol. The van der Waals surface area contributed by atoms with E-state index in [2.05, 4.69) is 5.73 Å². The largest absolute Gasteiger partial charge is 0.347 e. The Labute approximate surface area is 76.3 Å². The molecule has 4 heteroatoms. The summed E-state index contributed by atoms with van der Waals surface area (Å²) in [6.45, 7) is 0. The lowest BCUT2D eigenvalue weighted by molar-refractivity contribution is -0.404. The number of hydrogen-bond acceptors (Lipinski definition) is 2. The topological polar surface area (TPSA) is 77.0 Å².